The molecule has 0 aromatic carbocycles. The molecule has 28 heavy (non-hydrogen) atoms. The summed E-state index contributed by atoms with van der Waals surface area (Å²) in [6, 6.07) is -2.70. The third-order valence-corrected chi connectivity index (χ3v) is 3.30. The Balaban J connectivity index is 0. The second-order valence-corrected chi connectivity index (χ2v) is 5.78. The van der Waals surface area contributed by atoms with Crippen molar-refractivity contribution in [1.29, 1.82) is 0 Å². The zero-order valence-electron chi connectivity index (χ0n) is 14.8. The van der Waals surface area contributed by atoms with Gasteiger partial charge in [-0.1, -0.05) is 0 Å². The molecular formula is C14H25ClF6N4O3. The van der Waals surface area contributed by atoms with Crippen molar-refractivity contribution in [3.05, 3.63) is 0 Å². The van der Waals surface area contributed by atoms with E-state index in [4.69, 9.17) is 10.8 Å². The molecule has 6 N–H and O–H groups in total. The maximum absolute atomic E-state index is 11.9. The van der Waals surface area contributed by atoms with Gasteiger partial charge in [0.2, 0.25) is 5.91 Å². The second-order valence-electron chi connectivity index (χ2n) is 5.78. The first-order valence-electron chi connectivity index (χ1n) is 8.16. The quantitative estimate of drug-likeness (QED) is 0.296. The molecule has 1 rings (SSSR count). The zero-order valence-corrected chi connectivity index (χ0v) is 15.6. The van der Waals surface area contributed by atoms with Crippen molar-refractivity contribution in [3.8, 4) is 0 Å². The van der Waals surface area contributed by atoms with Gasteiger partial charge in [-0.3, -0.25) is 9.59 Å². The molecule has 0 spiro atoms. The molecular weight excluding hydrogens is 422 g/mol. The van der Waals surface area contributed by atoms with Crippen LogP contribution in [0.1, 0.15) is 25.7 Å². The number of nitrogens with one attached hydrogen (secondary N) is 3. The summed E-state index contributed by atoms with van der Waals surface area (Å²) < 4.78 is 71.3. The number of carboxylic acids is 1. The molecule has 1 aliphatic rings. The van der Waals surface area contributed by atoms with E-state index in [1.807, 2.05) is 0 Å². The van der Waals surface area contributed by atoms with E-state index in [0.29, 0.717) is 32.5 Å². The highest BCUT2D eigenvalue weighted by Crippen LogP contribution is 2.22. The molecule has 2 atom stereocenters. The summed E-state index contributed by atoms with van der Waals surface area (Å²) in [5.74, 6) is -2.06. The van der Waals surface area contributed by atoms with E-state index in [1.165, 1.54) is 0 Å². The zero-order chi connectivity index (χ0) is 21.1. The Morgan fingerprint density at radius 1 is 1.21 bits per heavy atom. The third kappa shape index (κ3) is 15.7. The number of halogens is 7. The van der Waals surface area contributed by atoms with Gasteiger partial charge < -0.3 is 26.8 Å². The topological polar surface area (TPSA) is 116 Å². The van der Waals surface area contributed by atoms with Crippen molar-refractivity contribution >= 4 is 24.3 Å². The molecule has 1 fully saturated rings. The molecule has 14 heteroatoms. The number of hydrogen-bond donors (Lipinski definition) is 5. The minimum Gasteiger partial charge on any atom is -0.480 e. The van der Waals surface area contributed by atoms with E-state index in [0.717, 1.165) is 0 Å². The summed E-state index contributed by atoms with van der Waals surface area (Å²) in [5, 5.41) is 15.7. The van der Waals surface area contributed by atoms with Gasteiger partial charge in [-0.25, -0.2) is 0 Å². The van der Waals surface area contributed by atoms with Crippen LogP contribution >= 0.6 is 12.4 Å². The van der Waals surface area contributed by atoms with E-state index in [2.05, 4.69) is 16.0 Å². The van der Waals surface area contributed by atoms with Crippen LogP contribution in [-0.4, -0.2) is 67.6 Å². The Morgan fingerprint density at radius 2 is 1.82 bits per heavy atom. The summed E-state index contributed by atoms with van der Waals surface area (Å²) >= 11 is 0. The summed E-state index contributed by atoms with van der Waals surface area (Å²) in [4.78, 5) is 21.4. The SMILES string of the molecule is Cl.NCCCNC(CC(F)(F)F)C(=O)O.O=C1NCCCNC1CC(F)(F)F. The van der Waals surface area contributed by atoms with Gasteiger partial charge in [0.1, 0.15) is 6.04 Å². The summed E-state index contributed by atoms with van der Waals surface area (Å²) in [6.45, 7) is 1.37. The van der Waals surface area contributed by atoms with Gasteiger partial charge in [-0.2, -0.15) is 26.3 Å². The summed E-state index contributed by atoms with van der Waals surface area (Å²) in [5.41, 5.74) is 5.11. The highest BCUT2D eigenvalue weighted by atomic mass is 35.5. The Bertz CT molecular complexity index is 465. The minimum absolute atomic E-state index is 0. The van der Waals surface area contributed by atoms with E-state index in [-0.39, 0.29) is 19.0 Å². The lowest BCUT2D eigenvalue weighted by Gasteiger charge is -2.15. The lowest BCUT2D eigenvalue weighted by molar-refractivity contribution is -0.158. The lowest BCUT2D eigenvalue weighted by atomic mass is 10.2. The van der Waals surface area contributed by atoms with Gasteiger partial charge in [0.15, 0.2) is 0 Å². The van der Waals surface area contributed by atoms with E-state index >= 15 is 0 Å². The van der Waals surface area contributed by atoms with E-state index in [1.54, 1.807) is 0 Å². The number of aliphatic carboxylic acids is 1. The molecule has 0 aliphatic carbocycles. The van der Waals surface area contributed by atoms with Crippen LogP contribution in [0.5, 0.6) is 0 Å². The van der Waals surface area contributed by atoms with E-state index in [9.17, 15) is 35.9 Å². The number of hydrogen-bond acceptors (Lipinski definition) is 5. The first kappa shape index (κ1) is 28.9. The highest BCUT2D eigenvalue weighted by Gasteiger charge is 2.36. The van der Waals surface area contributed by atoms with Gasteiger partial charge in [0, 0.05) is 6.54 Å². The molecule has 0 aromatic heterocycles. The molecule has 1 heterocycles. The maximum Gasteiger partial charge on any atom is 0.391 e. The van der Waals surface area contributed by atoms with Gasteiger partial charge in [0.05, 0.1) is 18.9 Å². The number of carbonyl (C=O) groups excluding carboxylic acids is 1. The number of nitrogens with two attached hydrogens (primary N) is 1. The molecule has 1 saturated heterocycles. The van der Waals surface area contributed by atoms with Crippen molar-refractivity contribution < 1.29 is 41.0 Å². The van der Waals surface area contributed by atoms with Crippen molar-refractivity contribution in [2.24, 2.45) is 5.73 Å². The average molecular weight is 447 g/mol. The summed E-state index contributed by atoms with van der Waals surface area (Å²) in [6.07, 6.45) is -10.1. The van der Waals surface area contributed by atoms with Gasteiger partial charge in [-0.15, -0.1) is 12.4 Å². The molecule has 0 radical (unpaired) electrons. The van der Waals surface area contributed by atoms with Crippen LogP contribution < -0.4 is 21.7 Å². The molecule has 0 saturated carbocycles. The maximum atomic E-state index is 11.9. The number of rotatable bonds is 7. The molecule has 168 valence electrons. The normalized spacial score (nSPS) is 18.7. The molecule has 7 nitrogen and oxygen atoms in total. The van der Waals surface area contributed by atoms with Crippen LogP contribution in [0, 0.1) is 0 Å². The molecule has 2 unspecified atom stereocenters. The summed E-state index contributed by atoms with van der Waals surface area (Å²) in [7, 11) is 0. The fourth-order valence-electron chi connectivity index (χ4n) is 2.05. The number of alkyl halides is 6. The first-order chi connectivity index (χ1) is 12.4. The van der Waals surface area contributed by atoms with Crippen molar-refractivity contribution in [2.45, 2.75) is 50.1 Å². The number of carbonyl (C=O) groups is 2. The molecule has 0 aromatic rings. The minimum atomic E-state index is -4.47. The van der Waals surface area contributed by atoms with Crippen LogP contribution in [0.3, 0.4) is 0 Å². The highest BCUT2D eigenvalue weighted by molar-refractivity contribution is 5.85. The van der Waals surface area contributed by atoms with Crippen molar-refractivity contribution in [2.75, 3.05) is 26.2 Å². The van der Waals surface area contributed by atoms with Gasteiger partial charge in [-0.05, 0) is 32.5 Å². The molecule has 1 amide bonds. The number of carboxylic acid groups (broad SMARTS) is 1. The Kier molecular flexibility index (Phi) is 14.2. The predicted molar refractivity (Wildman–Crippen MR) is 91.1 cm³/mol. The van der Waals surface area contributed by atoms with E-state index < -0.39 is 49.2 Å². The Labute approximate surface area is 164 Å². The fraction of sp³-hybridized carbons (Fsp3) is 0.857. The van der Waals surface area contributed by atoms with Crippen LogP contribution in [0.25, 0.3) is 0 Å². The van der Waals surface area contributed by atoms with Crippen molar-refractivity contribution in [3.63, 3.8) is 0 Å². The van der Waals surface area contributed by atoms with Crippen LogP contribution in [-0.2, 0) is 9.59 Å². The van der Waals surface area contributed by atoms with Crippen LogP contribution in [0.4, 0.5) is 26.3 Å². The van der Waals surface area contributed by atoms with Crippen LogP contribution in [0.15, 0.2) is 0 Å². The average Bonchev–Trinajstić information content (AvgIpc) is 2.69. The Morgan fingerprint density at radius 3 is 2.29 bits per heavy atom. The lowest BCUT2D eigenvalue weighted by Crippen LogP contribution is -2.43. The van der Waals surface area contributed by atoms with Crippen LogP contribution in [0.2, 0.25) is 0 Å². The third-order valence-electron chi connectivity index (χ3n) is 3.30. The molecule has 1 aliphatic heterocycles. The number of amides is 1. The fourth-order valence-corrected chi connectivity index (χ4v) is 2.05. The smallest absolute Gasteiger partial charge is 0.391 e. The van der Waals surface area contributed by atoms with Gasteiger partial charge in [0.25, 0.3) is 0 Å². The first-order valence-corrected chi connectivity index (χ1v) is 8.16. The largest absolute Gasteiger partial charge is 0.480 e. The second kappa shape index (κ2) is 13.8. The van der Waals surface area contributed by atoms with Crippen molar-refractivity contribution in [1.82, 2.24) is 16.0 Å². The standard InChI is InChI=1S/C7H13F3N2O2.C7H11F3N2O.ClH/c8-7(9,10)4-5(6(13)14)12-3-1-2-11;8-7(9,10)4-5-6(13)12-3-1-2-11-5;/h5,12H,1-4,11H2,(H,13,14);5,11H,1-4H2,(H,12,13);1H. The molecule has 0 bridgehead atoms. The monoisotopic (exact) mass is 446 g/mol. The Hall–Kier alpha value is -1.31. The predicted octanol–water partition coefficient (Wildman–Crippen LogP) is 1.17. The van der Waals surface area contributed by atoms with Gasteiger partial charge >= 0.3 is 18.3 Å².